The van der Waals surface area contributed by atoms with Gasteiger partial charge in [0.2, 0.25) is 0 Å². The fourth-order valence-corrected chi connectivity index (χ4v) is 3.30. The molecule has 0 amide bonds. The van der Waals surface area contributed by atoms with Gasteiger partial charge in [-0.3, -0.25) is 0 Å². The number of benzene rings is 2. The van der Waals surface area contributed by atoms with Crippen LogP contribution in [0.3, 0.4) is 0 Å². The van der Waals surface area contributed by atoms with Gasteiger partial charge in [0, 0.05) is 29.1 Å². The summed E-state index contributed by atoms with van der Waals surface area (Å²) in [5.74, 6) is -0.765. The molecule has 0 aliphatic heterocycles. The van der Waals surface area contributed by atoms with Gasteiger partial charge in [0.25, 0.3) is 0 Å². The summed E-state index contributed by atoms with van der Waals surface area (Å²) in [6, 6.07) is 11.9. The van der Waals surface area contributed by atoms with E-state index >= 15 is 0 Å². The van der Waals surface area contributed by atoms with Crippen LogP contribution in [0.25, 0.3) is 10.9 Å². The van der Waals surface area contributed by atoms with Crippen LogP contribution in [-0.4, -0.2) is 29.3 Å². The molecule has 0 aliphatic carbocycles. The lowest BCUT2D eigenvalue weighted by atomic mass is 10.1. The third kappa shape index (κ3) is 3.80. The molecule has 3 aromatic rings. The lowest BCUT2D eigenvalue weighted by Gasteiger charge is -2.11. The normalized spacial score (nSPS) is 11.1. The van der Waals surface area contributed by atoms with E-state index in [2.05, 4.69) is 12.2 Å². The highest BCUT2D eigenvalue weighted by atomic mass is 19.1. The van der Waals surface area contributed by atoms with Crippen LogP contribution < -0.4 is 10.1 Å². The molecule has 142 valence electrons. The van der Waals surface area contributed by atoms with E-state index in [1.807, 2.05) is 12.1 Å². The van der Waals surface area contributed by atoms with Crippen molar-refractivity contribution in [2.45, 2.75) is 26.4 Å². The Bertz CT molecular complexity index is 965. The van der Waals surface area contributed by atoms with E-state index < -0.39 is 5.97 Å². The molecule has 0 fully saturated rings. The van der Waals surface area contributed by atoms with E-state index in [4.69, 9.17) is 4.74 Å². The van der Waals surface area contributed by atoms with Gasteiger partial charge in [-0.25, -0.2) is 9.18 Å². The van der Waals surface area contributed by atoms with Gasteiger partial charge in [-0.1, -0.05) is 25.1 Å². The van der Waals surface area contributed by atoms with E-state index in [1.165, 1.54) is 6.07 Å². The number of halogens is 1. The lowest BCUT2D eigenvalue weighted by Crippen LogP contribution is -2.18. The molecule has 27 heavy (non-hydrogen) atoms. The number of aromatic nitrogens is 1. The van der Waals surface area contributed by atoms with Gasteiger partial charge in [0.15, 0.2) is 0 Å². The van der Waals surface area contributed by atoms with Crippen molar-refractivity contribution < 1.29 is 19.0 Å². The first-order valence-electron chi connectivity index (χ1n) is 8.93. The molecule has 0 radical (unpaired) electrons. The minimum atomic E-state index is -1.03. The molecule has 0 atom stereocenters. The maximum absolute atomic E-state index is 14.2. The summed E-state index contributed by atoms with van der Waals surface area (Å²) in [6.07, 6.45) is 0.949. The lowest BCUT2D eigenvalue weighted by molar-refractivity contribution is 0.0684. The number of rotatable bonds is 8. The van der Waals surface area contributed by atoms with E-state index in [0.717, 1.165) is 18.4 Å². The number of fused-ring (bicyclic) bond motifs is 1. The van der Waals surface area contributed by atoms with Crippen LogP contribution in [0, 0.1) is 5.82 Å². The second kappa shape index (κ2) is 8.22. The fourth-order valence-electron chi connectivity index (χ4n) is 3.30. The summed E-state index contributed by atoms with van der Waals surface area (Å²) in [7, 11) is 1.56. The molecular weight excluding hydrogens is 347 g/mol. The van der Waals surface area contributed by atoms with E-state index in [-0.39, 0.29) is 18.1 Å². The first-order valence-corrected chi connectivity index (χ1v) is 8.93. The molecule has 3 rings (SSSR count). The van der Waals surface area contributed by atoms with Crippen molar-refractivity contribution in [2.24, 2.45) is 0 Å². The molecule has 2 aromatic carbocycles. The standard InChI is InChI=1S/C21H23FN2O3/c1-3-10-23-12-17-16-9-8-15(27-2)11-19(16)24(20(17)21(25)26)13-14-6-4-5-7-18(14)22/h4-9,11,23H,3,10,12-13H2,1-2H3,(H,25,26). The summed E-state index contributed by atoms with van der Waals surface area (Å²) < 4.78 is 21.2. The highest BCUT2D eigenvalue weighted by molar-refractivity contribution is 5.98. The van der Waals surface area contributed by atoms with Gasteiger partial charge in [-0.15, -0.1) is 0 Å². The van der Waals surface area contributed by atoms with Gasteiger partial charge >= 0.3 is 5.97 Å². The first-order chi connectivity index (χ1) is 13.1. The maximum Gasteiger partial charge on any atom is 0.352 e. The molecule has 2 N–H and O–H groups in total. The number of carbonyl (C=O) groups is 1. The molecule has 0 bridgehead atoms. The number of carboxylic acid groups (broad SMARTS) is 1. The number of hydrogen-bond acceptors (Lipinski definition) is 3. The van der Waals surface area contributed by atoms with E-state index in [0.29, 0.717) is 28.9 Å². The van der Waals surface area contributed by atoms with Crippen LogP contribution in [-0.2, 0) is 13.1 Å². The molecular formula is C21H23FN2O3. The van der Waals surface area contributed by atoms with Crippen LogP contribution in [0.1, 0.15) is 35.0 Å². The summed E-state index contributed by atoms with van der Waals surface area (Å²) in [5, 5.41) is 14.0. The molecule has 6 heteroatoms. The summed E-state index contributed by atoms with van der Waals surface area (Å²) in [5.41, 5.74) is 2.02. The molecule has 0 saturated heterocycles. The van der Waals surface area contributed by atoms with E-state index in [9.17, 15) is 14.3 Å². The Labute approximate surface area is 157 Å². The van der Waals surface area contributed by atoms with Crippen LogP contribution in [0.4, 0.5) is 4.39 Å². The molecule has 1 heterocycles. The highest BCUT2D eigenvalue weighted by Crippen LogP contribution is 2.31. The van der Waals surface area contributed by atoms with Crippen molar-refractivity contribution in [1.29, 1.82) is 0 Å². The van der Waals surface area contributed by atoms with Gasteiger partial charge in [0.05, 0.1) is 19.2 Å². The van der Waals surface area contributed by atoms with Crippen molar-refractivity contribution in [2.75, 3.05) is 13.7 Å². The Hall–Kier alpha value is -2.86. The van der Waals surface area contributed by atoms with Crippen LogP contribution in [0.15, 0.2) is 42.5 Å². The molecule has 1 aromatic heterocycles. The number of aromatic carboxylic acids is 1. The van der Waals surface area contributed by atoms with Crippen LogP contribution >= 0.6 is 0 Å². The van der Waals surface area contributed by atoms with Crippen molar-refractivity contribution in [3.63, 3.8) is 0 Å². The fraction of sp³-hybridized carbons (Fsp3) is 0.286. The number of carboxylic acids is 1. The molecule has 0 spiro atoms. The quantitative estimate of drug-likeness (QED) is 0.588. The zero-order valence-electron chi connectivity index (χ0n) is 15.5. The van der Waals surface area contributed by atoms with Crippen LogP contribution in [0.5, 0.6) is 5.75 Å². The minimum absolute atomic E-state index is 0.131. The summed E-state index contributed by atoms with van der Waals surface area (Å²) >= 11 is 0. The second-order valence-electron chi connectivity index (χ2n) is 6.37. The number of nitrogens with zero attached hydrogens (tertiary/aromatic N) is 1. The first kappa shape index (κ1) is 18.9. The van der Waals surface area contributed by atoms with Crippen molar-refractivity contribution in [3.05, 3.63) is 65.1 Å². The van der Waals surface area contributed by atoms with Gasteiger partial charge in [0.1, 0.15) is 17.3 Å². The highest BCUT2D eigenvalue weighted by Gasteiger charge is 2.23. The second-order valence-corrected chi connectivity index (χ2v) is 6.37. The number of hydrogen-bond donors (Lipinski definition) is 2. The topological polar surface area (TPSA) is 63.5 Å². The van der Waals surface area contributed by atoms with Crippen molar-refractivity contribution in [3.8, 4) is 5.75 Å². The van der Waals surface area contributed by atoms with Crippen molar-refractivity contribution >= 4 is 16.9 Å². The maximum atomic E-state index is 14.2. The Morgan fingerprint density at radius 2 is 2.04 bits per heavy atom. The molecule has 0 aliphatic rings. The zero-order chi connectivity index (χ0) is 19.4. The predicted molar refractivity (Wildman–Crippen MR) is 103 cm³/mol. The van der Waals surface area contributed by atoms with Gasteiger partial charge in [-0.05, 0) is 31.2 Å². The van der Waals surface area contributed by atoms with Gasteiger partial charge in [-0.2, -0.15) is 0 Å². The Morgan fingerprint density at radius 3 is 2.70 bits per heavy atom. The summed E-state index contributed by atoms with van der Waals surface area (Å²) in [4.78, 5) is 12.1. The Balaban J connectivity index is 2.20. The molecule has 0 unspecified atom stereocenters. The summed E-state index contributed by atoms with van der Waals surface area (Å²) in [6.45, 7) is 3.40. The minimum Gasteiger partial charge on any atom is -0.497 e. The predicted octanol–water partition coefficient (Wildman–Crippen LogP) is 4.04. The average Bonchev–Trinajstić information content (AvgIpc) is 2.97. The molecule has 0 saturated carbocycles. The Kier molecular flexibility index (Phi) is 5.76. The van der Waals surface area contributed by atoms with Crippen LogP contribution in [0.2, 0.25) is 0 Å². The monoisotopic (exact) mass is 370 g/mol. The van der Waals surface area contributed by atoms with Gasteiger partial charge < -0.3 is 19.7 Å². The Morgan fingerprint density at radius 1 is 1.26 bits per heavy atom. The largest absolute Gasteiger partial charge is 0.497 e. The van der Waals surface area contributed by atoms with E-state index in [1.54, 1.807) is 35.9 Å². The third-order valence-electron chi connectivity index (χ3n) is 4.59. The number of ether oxygens (including phenoxy) is 1. The zero-order valence-corrected chi connectivity index (χ0v) is 15.5. The number of nitrogens with one attached hydrogen (secondary N) is 1. The third-order valence-corrected chi connectivity index (χ3v) is 4.59. The smallest absolute Gasteiger partial charge is 0.352 e. The van der Waals surface area contributed by atoms with Crippen molar-refractivity contribution in [1.82, 2.24) is 9.88 Å². The molecule has 5 nitrogen and oxygen atoms in total. The number of methoxy groups -OCH3 is 1. The SMILES string of the molecule is CCCNCc1c(C(=O)O)n(Cc2ccccc2F)c2cc(OC)ccc12. The average molecular weight is 370 g/mol.